The van der Waals surface area contributed by atoms with Crippen LogP contribution < -0.4 is 5.32 Å². The van der Waals surface area contributed by atoms with E-state index in [9.17, 15) is 25.2 Å². The number of hydrogen-bond acceptors (Lipinski definition) is 9. The zero-order valence-electron chi connectivity index (χ0n) is 16.8. The van der Waals surface area contributed by atoms with Gasteiger partial charge in [0.15, 0.2) is 6.29 Å². The van der Waals surface area contributed by atoms with Gasteiger partial charge < -0.3 is 35.6 Å². The molecule has 3 rings (SSSR count). The average molecular weight is 433 g/mol. The van der Waals surface area contributed by atoms with Crippen LogP contribution in [0.2, 0.25) is 0 Å². The van der Waals surface area contributed by atoms with E-state index in [2.05, 4.69) is 10.3 Å². The first-order chi connectivity index (χ1) is 14.9. The molecule has 5 atom stereocenters. The Morgan fingerprint density at radius 3 is 2.48 bits per heavy atom. The van der Waals surface area contributed by atoms with E-state index in [1.807, 2.05) is 12.1 Å². The van der Waals surface area contributed by atoms with E-state index < -0.39 is 43.2 Å². The summed E-state index contributed by atoms with van der Waals surface area (Å²) < 4.78 is 5.07. The molecule has 1 aliphatic rings. The van der Waals surface area contributed by atoms with Crippen LogP contribution in [-0.2, 0) is 22.6 Å². The first kappa shape index (κ1) is 23.1. The number of aliphatic hydroxyl groups is 4. The number of pyridine rings is 1. The summed E-state index contributed by atoms with van der Waals surface area (Å²) in [4.78, 5) is 18.7. The number of carbonyl (C=O) groups excluding carboxylic acids is 1. The predicted molar refractivity (Wildman–Crippen MR) is 108 cm³/mol. The summed E-state index contributed by atoms with van der Waals surface area (Å²) in [5, 5.41) is 52.0. The molecule has 0 saturated carbocycles. The fourth-order valence-corrected chi connectivity index (χ4v) is 3.46. The van der Waals surface area contributed by atoms with Crippen LogP contribution in [0.3, 0.4) is 0 Å². The number of nitrogens with one attached hydrogen (secondary N) is 1. The third kappa shape index (κ3) is 5.97. The van der Waals surface area contributed by atoms with Gasteiger partial charge in [0.2, 0.25) is 5.91 Å². The number of benzene rings is 1. The number of aliphatic hydroxyl groups excluding tert-OH is 4. The van der Waals surface area contributed by atoms with Gasteiger partial charge in [0.05, 0.1) is 18.8 Å². The molecular weight excluding hydrogens is 406 g/mol. The highest BCUT2D eigenvalue weighted by molar-refractivity contribution is 5.78. The van der Waals surface area contributed by atoms with Crippen molar-refractivity contribution in [2.24, 2.45) is 0 Å². The van der Waals surface area contributed by atoms with E-state index in [0.29, 0.717) is 17.8 Å². The van der Waals surface area contributed by atoms with Crippen molar-refractivity contribution >= 4 is 5.91 Å². The third-order valence-corrected chi connectivity index (χ3v) is 5.09. The van der Waals surface area contributed by atoms with E-state index >= 15 is 0 Å². The van der Waals surface area contributed by atoms with Crippen LogP contribution in [0.4, 0.5) is 0 Å². The van der Waals surface area contributed by atoms with Gasteiger partial charge in [-0.15, -0.1) is 0 Å². The summed E-state index contributed by atoms with van der Waals surface area (Å²) in [5.74, 6) is -0.439. The Morgan fingerprint density at radius 1 is 1.06 bits per heavy atom. The molecule has 2 aromatic rings. The molecule has 0 bridgehead atoms. The lowest BCUT2D eigenvalue weighted by Gasteiger charge is -2.40. The number of amides is 1. The van der Waals surface area contributed by atoms with Crippen LogP contribution in [-0.4, -0.2) is 85.1 Å². The van der Waals surface area contributed by atoms with E-state index in [1.54, 1.807) is 41.4 Å². The van der Waals surface area contributed by atoms with Gasteiger partial charge in [-0.1, -0.05) is 24.3 Å². The van der Waals surface area contributed by atoms with Gasteiger partial charge in [-0.25, -0.2) is 0 Å². The lowest BCUT2D eigenvalue weighted by atomic mass is 9.97. The van der Waals surface area contributed by atoms with Gasteiger partial charge >= 0.3 is 0 Å². The summed E-state index contributed by atoms with van der Waals surface area (Å²) in [5.41, 5.74) is 1.33. The minimum Gasteiger partial charge on any atom is -0.508 e. The molecule has 6 N–H and O–H groups in total. The van der Waals surface area contributed by atoms with E-state index in [4.69, 9.17) is 9.84 Å². The number of aromatic nitrogens is 1. The van der Waals surface area contributed by atoms with Crippen molar-refractivity contribution in [1.29, 1.82) is 0 Å². The summed E-state index contributed by atoms with van der Waals surface area (Å²) >= 11 is 0. The summed E-state index contributed by atoms with van der Waals surface area (Å²) in [6.45, 7) is -0.170. The van der Waals surface area contributed by atoms with E-state index in [1.165, 1.54) is 0 Å². The second-order valence-corrected chi connectivity index (χ2v) is 7.42. The van der Waals surface area contributed by atoms with Gasteiger partial charge in [-0.2, -0.15) is 0 Å². The predicted octanol–water partition coefficient (Wildman–Crippen LogP) is -1.29. The number of hydrogen-bond donors (Lipinski definition) is 6. The number of para-hydroxylation sites is 1. The molecule has 0 aliphatic carbocycles. The zero-order chi connectivity index (χ0) is 22.4. The largest absolute Gasteiger partial charge is 0.508 e. The Morgan fingerprint density at radius 2 is 1.81 bits per heavy atom. The first-order valence-corrected chi connectivity index (χ1v) is 9.88. The molecule has 10 nitrogen and oxygen atoms in total. The lowest BCUT2D eigenvalue weighted by Crippen LogP contribution is -2.64. The Labute approximate surface area is 179 Å². The minimum absolute atomic E-state index is 0.0959. The molecule has 1 aromatic carbocycles. The van der Waals surface area contributed by atoms with Crippen molar-refractivity contribution in [3.63, 3.8) is 0 Å². The maximum Gasteiger partial charge on any atom is 0.234 e. The average Bonchev–Trinajstić information content (AvgIpc) is 2.76. The second kappa shape index (κ2) is 10.6. The topological polar surface area (TPSA) is 156 Å². The number of carbonyl (C=O) groups is 1. The Hall–Kier alpha value is -2.60. The summed E-state index contributed by atoms with van der Waals surface area (Å²) in [6.07, 6.45) is -4.10. The van der Waals surface area contributed by atoms with Crippen LogP contribution >= 0.6 is 0 Å². The quantitative estimate of drug-likeness (QED) is 0.298. The minimum atomic E-state index is -1.60. The van der Waals surface area contributed by atoms with Crippen LogP contribution in [0.15, 0.2) is 48.7 Å². The van der Waals surface area contributed by atoms with Crippen molar-refractivity contribution in [3.8, 4) is 5.75 Å². The highest BCUT2D eigenvalue weighted by Crippen LogP contribution is 2.21. The summed E-state index contributed by atoms with van der Waals surface area (Å²) in [7, 11) is 0. The van der Waals surface area contributed by atoms with Crippen molar-refractivity contribution < 1.29 is 35.1 Å². The van der Waals surface area contributed by atoms with E-state index in [0.717, 1.165) is 0 Å². The van der Waals surface area contributed by atoms with Crippen LogP contribution in [0.5, 0.6) is 5.75 Å². The van der Waals surface area contributed by atoms with Gasteiger partial charge in [0.25, 0.3) is 0 Å². The Balaban J connectivity index is 1.69. The number of phenolic OH excluding ortho intramolecular Hbond substituents is 1. The molecule has 1 aromatic heterocycles. The van der Waals surface area contributed by atoms with E-state index in [-0.39, 0.29) is 18.8 Å². The highest BCUT2D eigenvalue weighted by Gasteiger charge is 2.44. The molecule has 0 radical (unpaired) electrons. The van der Waals surface area contributed by atoms with Gasteiger partial charge in [-0.3, -0.25) is 14.7 Å². The second-order valence-electron chi connectivity index (χ2n) is 7.42. The maximum atomic E-state index is 12.7. The highest BCUT2D eigenvalue weighted by atomic mass is 16.6. The Kier molecular flexibility index (Phi) is 7.91. The van der Waals surface area contributed by atoms with Crippen LogP contribution in [0, 0.1) is 0 Å². The van der Waals surface area contributed by atoms with Gasteiger partial charge in [0, 0.05) is 24.8 Å². The molecule has 1 saturated heterocycles. The SMILES string of the molecule is O=C(CN(Cc1ccccn1)Cc1ccccc1O)N[C@H]1C(O)O[C@H](CO)[C@@H](O)[C@@H]1O. The molecule has 1 fully saturated rings. The fourth-order valence-electron chi connectivity index (χ4n) is 3.46. The van der Waals surface area contributed by atoms with Crippen molar-refractivity contribution in [2.75, 3.05) is 13.2 Å². The van der Waals surface area contributed by atoms with Crippen molar-refractivity contribution in [2.45, 2.75) is 43.7 Å². The van der Waals surface area contributed by atoms with Crippen LogP contribution in [0.25, 0.3) is 0 Å². The maximum absolute atomic E-state index is 12.7. The molecule has 2 heterocycles. The molecule has 31 heavy (non-hydrogen) atoms. The summed E-state index contributed by atoms with van der Waals surface area (Å²) in [6, 6.07) is 10.9. The smallest absolute Gasteiger partial charge is 0.234 e. The molecule has 1 unspecified atom stereocenters. The van der Waals surface area contributed by atoms with Crippen LogP contribution in [0.1, 0.15) is 11.3 Å². The molecule has 1 aliphatic heterocycles. The molecule has 0 spiro atoms. The monoisotopic (exact) mass is 433 g/mol. The molecule has 168 valence electrons. The number of ether oxygens (including phenoxy) is 1. The lowest BCUT2D eigenvalue weighted by molar-refractivity contribution is -0.253. The first-order valence-electron chi connectivity index (χ1n) is 9.88. The van der Waals surface area contributed by atoms with Crippen molar-refractivity contribution in [1.82, 2.24) is 15.2 Å². The van der Waals surface area contributed by atoms with Crippen molar-refractivity contribution in [3.05, 3.63) is 59.9 Å². The molecule has 10 heteroatoms. The standard InChI is InChI=1S/C21H27N3O7/c25-12-16-19(28)20(29)18(21(30)31-16)23-17(27)11-24(10-14-6-3-4-8-22-14)9-13-5-1-2-7-15(13)26/h1-8,16,18-21,25-26,28-30H,9-12H2,(H,23,27)/t16-,18-,19-,20-,21?/m1/s1. The van der Waals surface area contributed by atoms with Gasteiger partial charge in [-0.05, 0) is 18.2 Å². The molecular formula is C21H27N3O7. The number of phenols is 1. The Bertz CT molecular complexity index is 854. The molecule has 1 amide bonds. The normalized spacial score (nSPS) is 26.0. The van der Waals surface area contributed by atoms with Gasteiger partial charge in [0.1, 0.15) is 30.1 Å². The third-order valence-electron chi connectivity index (χ3n) is 5.09. The fraction of sp³-hybridized carbons (Fsp3) is 0.429. The number of nitrogens with zero attached hydrogens (tertiary/aromatic N) is 2. The number of rotatable bonds is 8. The number of aromatic hydroxyl groups is 1. The zero-order valence-corrected chi connectivity index (χ0v) is 16.8.